The van der Waals surface area contributed by atoms with Gasteiger partial charge >= 0.3 is 5.97 Å². The molecule has 7 rings (SSSR count). The molecule has 2 heterocycles. The number of pyridine rings is 1. The second-order valence-corrected chi connectivity index (χ2v) is 13.1. The van der Waals surface area contributed by atoms with E-state index in [0.717, 1.165) is 28.3 Å². The quantitative estimate of drug-likeness (QED) is 0.187. The summed E-state index contributed by atoms with van der Waals surface area (Å²) in [5.41, 5.74) is 1.36. The summed E-state index contributed by atoms with van der Waals surface area (Å²) in [5, 5.41) is 9.58. The molecular weight excluding hydrogens is 586 g/mol. The second kappa shape index (κ2) is 13.4. The van der Waals surface area contributed by atoms with E-state index in [9.17, 15) is 24.0 Å². The molecule has 3 aromatic rings. The Labute approximate surface area is 267 Å². The van der Waals surface area contributed by atoms with E-state index in [2.05, 4.69) is 25.7 Å². The minimum atomic E-state index is -1.03. The number of aromatic amines is 1. The highest BCUT2D eigenvalue weighted by atomic mass is 16.5. The number of rotatable bonds is 11. The summed E-state index contributed by atoms with van der Waals surface area (Å²) in [6.45, 7) is 1.68. The number of carbonyl (C=O) groups is 4. The number of esters is 1. The van der Waals surface area contributed by atoms with Gasteiger partial charge in [-0.2, -0.15) is 0 Å². The summed E-state index contributed by atoms with van der Waals surface area (Å²) >= 11 is 0. The Hall–Kier alpha value is -4.67. The van der Waals surface area contributed by atoms with Crippen LogP contribution in [0.4, 0.5) is 5.69 Å². The maximum Gasteiger partial charge on any atom is 0.330 e. The fourth-order valence-electron chi connectivity index (χ4n) is 8.04. The number of methoxy groups -OCH3 is 1. The maximum absolute atomic E-state index is 13.5. The third kappa shape index (κ3) is 6.63. The maximum atomic E-state index is 13.5. The zero-order valence-corrected chi connectivity index (χ0v) is 26.2. The van der Waals surface area contributed by atoms with E-state index in [1.165, 1.54) is 62.1 Å². The second-order valence-electron chi connectivity index (χ2n) is 13.1. The third-order valence-electron chi connectivity index (χ3n) is 10.0. The number of hydrogen-bond acceptors (Lipinski definition) is 6. The molecule has 0 radical (unpaired) electrons. The van der Waals surface area contributed by atoms with Crippen molar-refractivity contribution >= 4 is 40.3 Å². The Bertz CT molecular complexity index is 1710. The van der Waals surface area contributed by atoms with Crippen molar-refractivity contribution in [1.29, 1.82) is 0 Å². The van der Waals surface area contributed by atoms with Crippen LogP contribution in [0.1, 0.15) is 61.0 Å². The molecule has 4 bridgehead atoms. The fraction of sp³-hybridized carbons (Fsp3) is 0.457. The van der Waals surface area contributed by atoms with E-state index in [0.29, 0.717) is 17.5 Å². The van der Waals surface area contributed by atoms with Gasteiger partial charge in [0, 0.05) is 29.2 Å². The van der Waals surface area contributed by atoms with Crippen LogP contribution in [0.25, 0.3) is 10.9 Å². The van der Waals surface area contributed by atoms with Gasteiger partial charge in [0.05, 0.1) is 7.11 Å². The zero-order valence-electron chi connectivity index (χ0n) is 26.2. The van der Waals surface area contributed by atoms with Gasteiger partial charge in [0.15, 0.2) is 0 Å². The van der Waals surface area contributed by atoms with E-state index >= 15 is 0 Å². The molecule has 2 aromatic heterocycles. The minimum absolute atomic E-state index is 0.000989. The molecule has 4 saturated carbocycles. The molecule has 11 heteroatoms. The molecule has 46 heavy (non-hydrogen) atoms. The zero-order chi connectivity index (χ0) is 32.4. The van der Waals surface area contributed by atoms with Gasteiger partial charge in [-0.15, -0.1) is 0 Å². The van der Waals surface area contributed by atoms with Gasteiger partial charge < -0.3 is 30.2 Å². The molecule has 0 aliphatic heterocycles. The SMILES string of the molecule is COC(=O)/C=C/CC[C@H](NC(=O)c1[nH]c2ccccc2c1C)C(=O)Nc1cccn(CC(=O)NC2C3CC4CC(C3)CC2C4)c1=O. The normalized spacial score (nSPS) is 23.7. The first-order valence-electron chi connectivity index (χ1n) is 16.1. The first-order valence-corrected chi connectivity index (χ1v) is 16.1. The van der Waals surface area contributed by atoms with E-state index in [-0.39, 0.29) is 37.0 Å². The lowest BCUT2D eigenvalue weighted by Crippen LogP contribution is -2.56. The van der Waals surface area contributed by atoms with Crippen LogP contribution >= 0.6 is 0 Å². The van der Waals surface area contributed by atoms with Crippen molar-refractivity contribution in [3.8, 4) is 0 Å². The van der Waals surface area contributed by atoms with Crippen LogP contribution in [0.2, 0.25) is 0 Å². The summed E-state index contributed by atoms with van der Waals surface area (Å²) in [6, 6.07) is 9.73. The predicted octanol–water partition coefficient (Wildman–Crippen LogP) is 3.83. The number of nitrogens with one attached hydrogen (secondary N) is 4. The highest BCUT2D eigenvalue weighted by molar-refractivity contribution is 6.04. The number of aromatic nitrogens is 2. The number of carbonyl (C=O) groups excluding carboxylic acids is 4. The molecule has 4 aliphatic rings. The van der Waals surface area contributed by atoms with Crippen molar-refractivity contribution in [3.05, 3.63) is 76.4 Å². The van der Waals surface area contributed by atoms with Crippen LogP contribution < -0.4 is 21.5 Å². The Kier molecular flexibility index (Phi) is 9.10. The van der Waals surface area contributed by atoms with Crippen LogP contribution in [0, 0.1) is 30.6 Å². The lowest BCUT2D eigenvalue weighted by molar-refractivity contribution is -0.134. The summed E-state index contributed by atoms with van der Waals surface area (Å²) in [7, 11) is 1.27. The average molecular weight is 628 g/mol. The lowest BCUT2D eigenvalue weighted by atomic mass is 9.54. The fourth-order valence-corrected chi connectivity index (χ4v) is 8.04. The van der Waals surface area contributed by atoms with Crippen molar-refractivity contribution in [2.45, 2.75) is 70.5 Å². The number of nitrogens with zero attached hydrogens (tertiary/aromatic N) is 1. The van der Waals surface area contributed by atoms with Gasteiger partial charge in [-0.1, -0.05) is 24.3 Å². The molecular formula is C35H41N5O6. The Morgan fingerprint density at radius 1 is 1.02 bits per heavy atom. The van der Waals surface area contributed by atoms with E-state index in [4.69, 9.17) is 0 Å². The van der Waals surface area contributed by atoms with Gasteiger partial charge in [-0.3, -0.25) is 19.2 Å². The van der Waals surface area contributed by atoms with Crippen LogP contribution in [-0.2, 0) is 25.7 Å². The minimum Gasteiger partial charge on any atom is -0.466 e. The molecule has 4 N–H and O–H groups in total. The third-order valence-corrected chi connectivity index (χ3v) is 10.0. The number of benzene rings is 1. The Morgan fingerprint density at radius 3 is 2.43 bits per heavy atom. The average Bonchev–Trinajstić information content (AvgIpc) is 3.38. The smallest absolute Gasteiger partial charge is 0.330 e. The number of fused-ring (bicyclic) bond motifs is 1. The number of para-hydroxylation sites is 1. The van der Waals surface area contributed by atoms with Crippen molar-refractivity contribution in [2.24, 2.45) is 23.7 Å². The molecule has 3 amide bonds. The Morgan fingerprint density at radius 2 is 1.74 bits per heavy atom. The Balaban J connectivity index is 1.13. The van der Waals surface area contributed by atoms with Crippen molar-refractivity contribution in [1.82, 2.24) is 20.2 Å². The standard InChI is InChI=1S/C35H41N5O6/c1-20-25-8-3-4-9-26(25)36-31(20)34(44)37-27(10-5-6-12-30(42)46-2)33(43)38-28-11-7-13-40(35(28)45)19-29(41)39-32-23-15-21-14-22(17-23)18-24(32)16-21/h3-4,6-9,11-13,21-24,27,32,36H,5,10,14-19H2,1-2H3,(H,37,44)(H,38,43)(H,39,41)/b12-6+/t21?,22?,23?,24?,27-,32?/m0/s1. The van der Waals surface area contributed by atoms with Gasteiger partial charge in [0.25, 0.3) is 11.5 Å². The molecule has 11 nitrogen and oxygen atoms in total. The molecule has 242 valence electrons. The topological polar surface area (TPSA) is 151 Å². The number of H-pyrrole nitrogens is 1. The monoisotopic (exact) mass is 627 g/mol. The van der Waals surface area contributed by atoms with E-state index in [1.807, 2.05) is 31.2 Å². The molecule has 0 spiro atoms. The predicted molar refractivity (Wildman–Crippen MR) is 173 cm³/mol. The molecule has 4 aliphatic carbocycles. The number of ether oxygens (including phenoxy) is 1. The molecule has 0 saturated heterocycles. The molecule has 1 atom stereocenters. The number of allylic oxidation sites excluding steroid dienone is 1. The molecule has 1 aromatic carbocycles. The van der Waals surface area contributed by atoms with Crippen LogP contribution in [0.5, 0.6) is 0 Å². The number of anilines is 1. The van der Waals surface area contributed by atoms with Crippen LogP contribution in [-0.4, -0.2) is 52.4 Å². The van der Waals surface area contributed by atoms with Crippen molar-refractivity contribution in [3.63, 3.8) is 0 Å². The largest absolute Gasteiger partial charge is 0.466 e. The number of hydrogen-bond donors (Lipinski definition) is 4. The van der Waals surface area contributed by atoms with Gasteiger partial charge in [-0.25, -0.2) is 4.79 Å². The van der Waals surface area contributed by atoms with E-state index < -0.39 is 29.4 Å². The first kappa shape index (κ1) is 31.3. The summed E-state index contributed by atoms with van der Waals surface area (Å²) < 4.78 is 5.92. The highest BCUT2D eigenvalue weighted by Gasteiger charge is 2.48. The molecule has 0 unspecified atom stereocenters. The van der Waals surface area contributed by atoms with Gasteiger partial charge in [0.2, 0.25) is 11.8 Å². The van der Waals surface area contributed by atoms with Gasteiger partial charge in [-0.05, 0) is 99.3 Å². The van der Waals surface area contributed by atoms with Gasteiger partial charge in [0.1, 0.15) is 24.0 Å². The van der Waals surface area contributed by atoms with Crippen molar-refractivity contribution < 1.29 is 23.9 Å². The van der Waals surface area contributed by atoms with Crippen LogP contribution in [0.15, 0.2) is 59.5 Å². The summed E-state index contributed by atoms with van der Waals surface area (Å²) in [4.78, 5) is 68.0. The van der Waals surface area contributed by atoms with Crippen molar-refractivity contribution in [2.75, 3.05) is 12.4 Å². The highest BCUT2D eigenvalue weighted by Crippen LogP contribution is 2.53. The summed E-state index contributed by atoms with van der Waals surface area (Å²) in [6.07, 6.45) is 10.8. The molecule has 4 fully saturated rings. The lowest BCUT2D eigenvalue weighted by Gasteiger charge is -2.54. The first-order chi connectivity index (χ1) is 22.2. The van der Waals surface area contributed by atoms with E-state index in [1.54, 1.807) is 12.1 Å². The summed E-state index contributed by atoms with van der Waals surface area (Å²) in [5.74, 6) is 0.815. The number of amides is 3. The van der Waals surface area contributed by atoms with Crippen LogP contribution in [0.3, 0.4) is 0 Å². The number of aryl methyl sites for hydroxylation is 1.